The van der Waals surface area contributed by atoms with Gasteiger partial charge >= 0.3 is 0 Å². The summed E-state index contributed by atoms with van der Waals surface area (Å²) >= 11 is 0. The predicted octanol–water partition coefficient (Wildman–Crippen LogP) is 0.832. The van der Waals surface area contributed by atoms with E-state index in [1.165, 1.54) is 6.42 Å². The molecule has 0 bridgehead atoms. The normalized spacial score (nSPS) is 20.5. The molecule has 1 heterocycles. The molecule has 3 N–H and O–H groups in total. The van der Waals surface area contributed by atoms with Gasteiger partial charge in [0.15, 0.2) is 0 Å². The molecule has 1 saturated heterocycles. The van der Waals surface area contributed by atoms with Crippen LogP contribution in [0.25, 0.3) is 0 Å². The summed E-state index contributed by atoms with van der Waals surface area (Å²) < 4.78 is 5.47. The Kier molecular flexibility index (Phi) is 8.76. The maximum atomic E-state index is 11.4. The van der Waals surface area contributed by atoms with Crippen molar-refractivity contribution < 1.29 is 9.53 Å². The number of ether oxygens (including phenoxy) is 1. The van der Waals surface area contributed by atoms with Gasteiger partial charge < -0.3 is 15.8 Å². The van der Waals surface area contributed by atoms with Crippen molar-refractivity contribution in [1.82, 2.24) is 5.32 Å². The number of carbonyl (C=O) groups is 1. The maximum Gasteiger partial charge on any atom is 0.222 e. The van der Waals surface area contributed by atoms with Crippen molar-refractivity contribution in [2.75, 3.05) is 19.7 Å². The van der Waals surface area contributed by atoms with Crippen LogP contribution in [0.2, 0.25) is 0 Å². The summed E-state index contributed by atoms with van der Waals surface area (Å²) in [5.74, 6) is 0.0883. The molecule has 0 aromatic carbocycles. The average Bonchev–Trinajstić information content (AvgIpc) is 2.20. The Bertz CT molecular complexity index is 173. The summed E-state index contributed by atoms with van der Waals surface area (Å²) in [6.45, 7) is 2.11. The van der Waals surface area contributed by atoms with Crippen LogP contribution < -0.4 is 11.1 Å². The molecule has 1 atom stereocenters. The van der Waals surface area contributed by atoms with E-state index in [9.17, 15) is 4.79 Å². The monoisotopic (exact) mass is 236 g/mol. The van der Waals surface area contributed by atoms with Crippen LogP contribution in [0.1, 0.15) is 32.1 Å². The Labute approximate surface area is 97.3 Å². The zero-order valence-corrected chi connectivity index (χ0v) is 9.85. The summed E-state index contributed by atoms with van der Waals surface area (Å²) in [5.41, 5.74) is 5.32. The molecule has 4 nitrogen and oxygen atoms in total. The number of nitrogens with two attached hydrogens (primary N) is 1. The van der Waals surface area contributed by atoms with Crippen molar-refractivity contribution in [3.05, 3.63) is 0 Å². The van der Waals surface area contributed by atoms with Gasteiger partial charge in [-0.1, -0.05) is 0 Å². The second-order valence-corrected chi connectivity index (χ2v) is 3.68. The fraction of sp³-hybridized carbons (Fsp3) is 0.900. The van der Waals surface area contributed by atoms with Crippen LogP contribution in [0.4, 0.5) is 0 Å². The van der Waals surface area contributed by atoms with E-state index in [2.05, 4.69) is 5.32 Å². The van der Waals surface area contributed by atoms with E-state index in [1.807, 2.05) is 0 Å². The second-order valence-electron chi connectivity index (χ2n) is 3.68. The van der Waals surface area contributed by atoms with Gasteiger partial charge in [0.25, 0.3) is 0 Å². The molecule has 1 unspecified atom stereocenters. The number of halogens is 1. The number of hydrogen-bond acceptors (Lipinski definition) is 3. The van der Waals surface area contributed by atoms with Crippen LogP contribution in [0.5, 0.6) is 0 Å². The topological polar surface area (TPSA) is 64.3 Å². The average molecular weight is 237 g/mol. The van der Waals surface area contributed by atoms with Crippen LogP contribution in [0.3, 0.4) is 0 Å². The predicted molar refractivity (Wildman–Crippen MR) is 62.1 cm³/mol. The number of rotatable bonds is 5. The minimum absolute atomic E-state index is 0. The van der Waals surface area contributed by atoms with Crippen LogP contribution >= 0.6 is 12.4 Å². The molecule has 1 fully saturated rings. The third kappa shape index (κ3) is 6.71. The molecule has 0 saturated carbocycles. The molecular weight excluding hydrogens is 216 g/mol. The van der Waals surface area contributed by atoms with E-state index < -0.39 is 0 Å². The van der Waals surface area contributed by atoms with E-state index in [1.54, 1.807) is 0 Å². The quantitative estimate of drug-likeness (QED) is 0.695. The van der Waals surface area contributed by atoms with Crippen LogP contribution in [-0.4, -0.2) is 31.7 Å². The van der Waals surface area contributed by atoms with Crippen molar-refractivity contribution in [2.45, 2.75) is 38.2 Å². The highest BCUT2D eigenvalue weighted by atomic mass is 35.5. The SMILES string of the molecule is Cl.NCCCNC(=O)CC1CCCCO1. The lowest BCUT2D eigenvalue weighted by molar-refractivity contribution is -0.124. The Morgan fingerprint density at radius 2 is 2.27 bits per heavy atom. The molecule has 5 heteroatoms. The molecular formula is C10H21ClN2O2. The number of nitrogens with one attached hydrogen (secondary N) is 1. The zero-order valence-electron chi connectivity index (χ0n) is 9.04. The van der Waals surface area contributed by atoms with E-state index >= 15 is 0 Å². The van der Waals surface area contributed by atoms with E-state index in [0.29, 0.717) is 19.5 Å². The summed E-state index contributed by atoms with van der Waals surface area (Å²) in [4.78, 5) is 11.4. The van der Waals surface area contributed by atoms with Crippen LogP contribution in [0.15, 0.2) is 0 Å². The van der Waals surface area contributed by atoms with Gasteiger partial charge in [-0.05, 0) is 32.2 Å². The Hall–Kier alpha value is -0.320. The van der Waals surface area contributed by atoms with Gasteiger partial charge in [0.05, 0.1) is 12.5 Å². The van der Waals surface area contributed by atoms with E-state index in [-0.39, 0.29) is 24.4 Å². The summed E-state index contributed by atoms with van der Waals surface area (Å²) in [6, 6.07) is 0. The molecule has 1 aliphatic heterocycles. The summed E-state index contributed by atoms with van der Waals surface area (Å²) in [6.07, 6.45) is 4.82. The molecule has 0 aromatic rings. The highest BCUT2D eigenvalue weighted by Crippen LogP contribution is 2.15. The van der Waals surface area contributed by atoms with Crippen molar-refractivity contribution in [3.63, 3.8) is 0 Å². The molecule has 0 spiro atoms. The molecule has 1 aliphatic rings. The van der Waals surface area contributed by atoms with E-state index in [4.69, 9.17) is 10.5 Å². The Morgan fingerprint density at radius 1 is 1.47 bits per heavy atom. The van der Waals surface area contributed by atoms with Crippen LogP contribution in [0, 0.1) is 0 Å². The lowest BCUT2D eigenvalue weighted by atomic mass is 10.1. The minimum atomic E-state index is 0. The third-order valence-corrected chi connectivity index (χ3v) is 2.39. The molecule has 15 heavy (non-hydrogen) atoms. The Balaban J connectivity index is 0.00000196. The zero-order chi connectivity index (χ0) is 10.2. The first-order chi connectivity index (χ1) is 6.83. The summed E-state index contributed by atoms with van der Waals surface area (Å²) in [7, 11) is 0. The fourth-order valence-corrected chi connectivity index (χ4v) is 1.58. The number of carbonyl (C=O) groups excluding carboxylic acids is 1. The molecule has 1 rings (SSSR count). The van der Waals surface area contributed by atoms with Crippen molar-refractivity contribution in [2.24, 2.45) is 5.73 Å². The summed E-state index contributed by atoms with van der Waals surface area (Å²) in [5, 5.41) is 2.83. The van der Waals surface area contributed by atoms with Gasteiger partial charge in [-0.15, -0.1) is 12.4 Å². The van der Waals surface area contributed by atoms with Gasteiger partial charge in [-0.25, -0.2) is 0 Å². The molecule has 1 amide bonds. The lowest BCUT2D eigenvalue weighted by Crippen LogP contribution is -2.31. The minimum Gasteiger partial charge on any atom is -0.378 e. The van der Waals surface area contributed by atoms with Gasteiger partial charge in [0.2, 0.25) is 5.91 Å². The lowest BCUT2D eigenvalue weighted by Gasteiger charge is -2.21. The largest absolute Gasteiger partial charge is 0.378 e. The fourth-order valence-electron chi connectivity index (χ4n) is 1.58. The first-order valence-corrected chi connectivity index (χ1v) is 5.41. The van der Waals surface area contributed by atoms with Crippen molar-refractivity contribution in [1.29, 1.82) is 0 Å². The maximum absolute atomic E-state index is 11.4. The van der Waals surface area contributed by atoms with Gasteiger partial charge in [-0.2, -0.15) is 0 Å². The Morgan fingerprint density at radius 3 is 2.87 bits per heavy atom. The highest BCUT2D eigenvalue weighted by Gasteiger charge is 2.16. The highest BCUT2D eigenvalue weighted by molar-refractivity contribution is 5.85. The number of hydrogen-bond donors (Lipinski definition) is 2. The van der Waals surface area contributed by atoms with E-state index in [0.717, 1.165) is 25.9 Å². The molecule has 90 valence electrons. The molecule has 0 aromatic heterocycles. The molecule has 0 radical (unpaired) electrons. The smallest absolute Gasteiger partial charge is 0.222 e. The van der Waals surface area contributed by atoms with Crippen molar-refractivity contribution >= 4 is 18.3 Å². The second kappa shape index (κ2) is 8.95. The number of amides is 1. The van der Waals surface area contributed by atoms with Gasteiger partial charge in [-0.3, -0.25) is 4.79 Å². The van der Waals surface area contributed by atoms with Gasteiger partial charge in [0, 0.05) is 13.2 Å². The first-order valence-electron chi connectivity index (χ1n) is 5.41. The van der Waals surface area contributed by atoms with Crippen molar-refractivity contribution in [3.8, 4) is 0 Å². The van der Waals surface area contributed by atoms with Gasteiger partial charge in [0.1, 0.15) is 0 Å². The first kappa shape index (κ1) is 14.7. The standard InChI is InChI=1S/C10H20N2O2.ClH/c11-5-3-6-12-10(13)8-9-4-1-2-7-14-9;/h9H,1-8,11H2,(H,12,13);1H. The van der Waals surface area contributed by atoms with Crippen LogP contribution in [-0.2, 0) is 9.53 Å². The third-order valence-electron chi connectivity index (χ3n) is 2.39. The molecule has 0 aliphatic carbocycles.